The van der Waals surface area contributed by atoms with Crippen LogP contribution < -0.4 is 14.8 Å². The third-order valence-corrected chi connectivity index (χ3v) is 7.84. The number of carbonyl (C=O) groups is 3. The molecule has 2 heterocycles. The number of hydrogen-bond acceptors (Lipinski definition) is 8. The van der Waals surface area contributed by atoms with E-state index >= 15 is 0 Å². The molecule has 9 heteroatoms. The number of ether oxygens (including phenoxy) is 3. The number of anilines is 1. The van der Waals surface area contributed by atoms with Crippen molar-refractivity contribution >= 4 is 34.1 Å². The molecule has 6 rings (SSSR count). The van der Waals surface area contributed by atoms with E-state index in [2.05, 4.69) is 10.3 Å². The van der Waals surface area contributed by atoms with Gasteiger partial charge < -0.3 is 19.5 Å². The summed E-state index contributed by atoms with van der Waals surface area (Å²) in [7, 11) is 0. The van der Waals surface area contributed by atoms with Gasteiger partial charge in [0.05, 0.1) is 23.3 Å². The number of nitrogens with zero attached hydrogens (tertiary/aromatic N) is 1. The van der Waals surface area contributed by atoms with Crippen molar-refractivity contribution < 1.29 is 28.6 Å². The highest BCUT2D eigenvalue weighted by Crippen LogP contribution is 2.51. The molecular weight excluding hydrogens is 516 g/mol. The molecule has 1 aromatic heterocycles. The van der Waals surface area contributed by atoms with Gasteiger partial charge in [-0.25, -0.2) is 9.78 Å². The number of rotatable bonds is 8. The molecule has 1 saturated carbocycles. The van der Waals surface area contributed by atoms with Crippen LogP contribution in [-0.2, 0) is 14.9 Å². The van der Waals surface area contributed by atoms with Gasteiger partial charge in [0.2, 0.25) is 18.5 Å². The number of nitrogens with one attached hydrogen (secondary N) is 1. The first-order chi connectivity index (χ1) is 19.0. The van der Waals surface area contributed by atoms with E-state index in [9.17, 15) is 14.4 Å². The fraction of sp³-hybridized carbons (Fsp3) is 0.200. The lowest BCUT2D eigenvalue weighted by Crippen LogP contribution is -2.27. The number of ketones is 1. The molecule has 3 aromatic carbocycles. The lowest BCUT2D eigenvalue weighted by atomic mass is 9.94. The molecule has 39 heavy (non-hydrogen) atoms. The Labute approximate surface area is 228 Å². The van der Waals surface area contributed by atoms with Crippen LogP contribution in [-0.4, -0.2) is 36.0 Å². The van der Waals surface area contributed by atoms with Gasteiger partial charge >= 0.3 is 5.97 Å². The Hall–Kier alpha value is -4.50. The largest absolute Gasteiger partial charge is 0.462 e. The normalized spacial score (nSPS) is 14.5. The van der Waals surface area contributed by atoms with E-state index < -0.39 is 11.4 Å². The summed E-state index contributed by atoms with van der Waals surface area (Å²) in [5.74, 6) is 0.433. The number of thiazole rings is 1. The monoisotopic (exact) mass is 540 g/mol. The number of carbonyl (C=O) groups excluding carboxylic acids is 3. The van der Waals surface area contributed by atoms with Crippen LogP contribution in [0.15, 0.2) is 72.8 Å². The van der Waals surface area contributed by atoms with Crippen molar-refractivity contribution in [2.24, 2.45) is 0 Å². The number of amides is 1. The quantitative estimate of drug-likeness (QED) is 0.229. The summed E-state index contributed by atoms with van der Waals surface area (Å²) >= 11 is 1.13. The molecule has 8 nitrogen and oxygen atoms in total. The van der Waals surface area contributed by atoms with E-state index in [1.807, 2.05) is 48.5 Å². The van der Waals surface area contributed by atoms with Gasteiger partial charge in [0.1, 0.15) is 4.88 Å². The summed E-state index contributed by atoms with van der Waals surface area (Å²) in [5.41, 5.74) is 2.21. The Bertz CT molecular complexity index is 1580. The van der Waals surface area contributed by atoms with Crippen LogP contribution in [0.3, 0.4) is 0 Å². The molecule has 4 aromatic rings. The highest BCUT2D eigenvalue weighted by atomic mass is 32.1. The standard InChI is InChI=1S/C30H24N2O6S/c1-2-36-27(34)20-10-8-19(9-11-20)25(33)26-24(18-6-4-3-5-7-18)31-29(39-26)32-28(35)30(14-15-30)21-12-13-22-23(16-21)38-17-37-22/h3-13,16H,2,14-15,17H2,1H3,(H,31,32,35). The molecular formula is C30H24N2O6S. The third-order valence-electron chi connectivity index (χ3n) is 6.87. The first-order valence-electron chi connectivity index (χ1n) is 12.6. The van der Waals surface area contributed by atoms with Crippen LogP contribution >= 0.6 is 11.3 Å². The Morgan fingerprint density at radius 1 is 0.949 bits per heavy atom. The second-order valence-corrected chi connectivity index (χ2v) is 10.3. The number of aromatic nitrogens is 1. The van der Waals surface area contributed by atoms with E-state index in [1.165, 1.54) is 0 Å². The molecule has 2 aliphatic rings. The zero-order chi connectivity index (χ0) is 27.0. The molecule has 0 radical (unpaired) electrons. The van der Waals surface area contributed by atoms with Crippen LogP contribution in [0.2, 0.25) is 0 Å². The maximum Gasteiger partial charge on any atom is 0.338 e. The first kappa shape index (κ1) is 24.8. The number of benzene rings is 3. The van der Waals surface area contributed by atoms with Gasteiger partial charge in [-0.15, -0.1) is 0 Å². The SMILES string of the molecule is CCOC(=O)c1ccc(C(=O)c2sc(NC(=O)C3(c4ccc5c(c4)OCO5)CC3)nc2-c2ccccc2)cc1. The Morgan fingerprint density at radius 3 is 2.38 bits per heavy atom. The van der Waals surface area contributed by atoms with Gasteiger partial charge in [-0.1, -0.05) is 59.9 Å². The van der Waals surface area contributed by atoms with Crippen molar-refractivity contribution in [3.8, 4) is 22.8 Å². The Balaban J connectivity index is 1.29. The predicted molar refractivity (Wildman–Crippen MR) is 145 cm³/mol. The van der Waals surface area contributed by atoms with Crippen molar-refractivity contribution in [3.63, 3.8) is 0 Å². The molecule has 1 aliphatic heterocycles. The number of hydrogen-bond donors (Lipinski definition) is 1. The van der Waals surface area contributed by atoms with Gasteiger partial charge in [0, 0.05) is 11.1 Å². The van der Waals surface area contributed by atoms with Gasteiger partial charge in [0.15, 0.2) is 16.6 Å². The van der Waals surface area contributed by atoms with Crippen molar-refractivity contribution in [2.75, 3.05) is 18.7 Å². The summed E-state index contributed by atoms with van der Waals surface area (Å²) < 4.78 is 15.9. The number of fused-ring (bicyclic) bond motifs is 1. The fourth-order valence-electron chi connectivity index (χ4n) is 4.61. The molecule has 0 spiro atoms. The van der Waals surface area contributed by atoms with E-state index in [0.717, 1.165) is 22.5 Å². The topological polar surface area (TPSA) is 104 Å². The second-order valence-electron chi connectivity index (χ2n) is 9.29. The van der Waals surface area contributed by atoms with Crippen molar-refractivity contribution in [1.29, 1.82) is 0 Å². The minimum atomic E-state index is -0.674. The average molecular weight is 541 g/mol. The molecule has 0 atom stereocenters. The summed E-state index contributed by atoms with van der Waals surface area (Å²) in [6.07, 6.45) is 1.40. The van der Waals surface area contributed by atoms with E-state index in [-0.39, 0.29) is 25.1 Å². The summed E-state index contributed by atoms with van der Waals surface area (Å²) in [6, 6.07) is 21.3. The van der Waals surface area contributed by atoms with Crippen LogP contribution in [0.5, 0.6) is 11.5 Å². The Morgan fingerprint density at radius 2 is 1.67 bits per heavy atom. The molecule has 1 amide bonds. The predicted octanol–water partition coefficient (Wildman–Crippen LogP) is 5.62. The average Bonchev–Trinajstić information content (AvgIpc) is 3.46. The molecule has 0 unspecified atom stereocenters. The zero-order valence-electron chi connectivity index (χ0n) is 21.1. The molecule has 1 N–H and O–H groups in total. The van der Waals surface area contributed by atoms with E-state index in [4.69, 9.17) is 14.2 Å². The number of esters is 1. The Kier molecular flexibility index (Phi) is 6.36. The maximum atomic E-state index is 13.6. The smallest absolute Gasteiger partial charge is 0.338 e. The highest BCUT2D eigenvalue weighted by Gasteiger charge is 2.52. The minimum absolute atomic E-state index is 0.168. The van der Waals surface area contributed by atoms with Crippen molar-refractivity contribution in [2.45, 2.75) is 25.2 Å². The van der Waals surface area contributed by atoms with Gasteiger partial charge in [0.25, 0.3) is 0 Å². The van der Waals surface area contributed by atoms with Gasteiger partial charge in [-0.3, -0.25) is 9.59 Å². The van der Waals surface area contributed by atoms with Gasteiger partial charge in [-0.05, 0) is 49.6 Å². The summed E-state index contributed by atoms with van der Waals surface area (Å²) in [5, 5.41) is 3.31. The lowest BCUT2D eigenvalue weighted by Gasteiger charge is -2.15. The van der Waals surface area contributed by atoms with Crippen LogP contribution in [0.25, 0.3) is 11.3 Å². The van der Waals surface area contributed by atoms with Gasteiger partial charge in [-0.2, -0.15) is 0 Å². The third kappa shape index (κ3) is 4.66. The zero-order valence-corrected chi connectivity index (χ0v) is 21.9. The second kappa shape index (κ2) is 9.99. The van der Waals surface area contributed by atoms with Crippen LogP contribution in [0.4, 0.5) is 5.13 Å². The molecule has 0 bridgehead atoms. The molecule has 1 aliphatic carbocycles. The highest BCUT2D eigenvalue weighted by molar-refractivity contribution is 7.18. The van der Waals surface area contributed by atoms with E-state index in [1.54, 1.807) is 31.2 Å². The summed E-state index contributed by atoms with van der Waals surface area (Å²) in [6.45, 7) is 2.17. The lowest BCUT2D eigenvalue weighted by molar-refractivity contribution is -0.118. The van der Waals surface area contributed by atoms with Crippen molar-refractivity contribution in [3.05, 3.63) is 94.4 Å². The van der Waals surface area contributed by atoms with Crippen LogP contribution in [0.1, 0.15) is 50.9 Å². The van der Waals surface area contributed by atoms with Crippen molar-refractivity contribution in [1.82, 2.24) is 4.98 Å². The first-order valence-corrected chi connectivity index (χ1v) is 13.4. The maximum absolute atomic E-state index is 13.6. The molecule has 0 saturated heterocycles. The van der Waals surface area contributed by atoms with E-state index in [0.29, 0.717) is 51.2 Å². The molecule has 1 fully saturated rings. The summed E-state index contributed by atoms with van der Waals surface area (Å²) in [4.78, 5) is 44.2. The van der Waals surface area contributed by atoms with Crippen LogP contribution in [0, 0.1) is 0 Å². The molecule has 196 valence electrons. The minimum Gasteiger partial charge on any atom is -0.462 e. The fourth-order valence-corrected chi connectivity index (χ4v) is 5.55.